The van der Waals surface area contributed by atoms with Crippen molar-refractivity contribution < 1.29 is 4.74 Å². The molecular formula is C20H25N3OS2. The van der Waals surface area contributed by atoms with Gasteiger partial charge in [0.15, 0.2) is 4.80 Å². The number of rotatable bonds is 4. The van der Waals surface area contributed by atoms with E-state index in [4.69, 9.17) is 27.2 Å². The van der Waals surface area contributed by atoms with Crippen LogP contribution in [0.4, 0.5) is 0 Å². The molecule has 0 atom stereocenters. The highest BCUT2D eigenvalue weighted by Gasteiger charge is 2.18. The van der Waals surface area contributed by atoms with Gasteiger partial charge in [-0.3, -0.25) is 0 Å². The van der Waals surface area contributed by atoms with Crippen LogP contribution in [0.3, 0.4) is 0 Å². The largest absolute Gasteiger partial charge is 0.496 e. The van der Waals surface area contributed by atoms with Gasteiger partial charge in [-0.1, -0.05) is 46.8 Å². The third-order valence-electron chi connectivity index (χ3n) is 3.78. The Hall–Kier alpha value is -1.97. The van der Waals surface area contributed by atoms with Crippen LogP contribution in [0.25, 0.3) is 0 Å². The SMILES string of the molecule is COc1ccc(C#N)cc1C(=S)/N=c1\sc(C(C)(C)C)cn1CC(C)C. The zero-order valence-corrected chi connectivity index (χ0v) is 17.8. The minimum absolute atomic E-state index is 0.0528. The fraction of sp³-hybridized carbons (Fsp3) is 0.450. The number of hydrogen-bond donors (Lipinski definition) is 0. The quantitative estimate of drug-likeness (QED) is 0.717. The Morgan fingerprint density at radius 2 is 2.08 bits per heavy atom. The molecule has 0 saturated heterocycles. The fourth-order valence-corrected chi connectivity index (χ4v) is 3.80. The Morgan fingerprint density at radius 1 is 1.38 bits per heavy atom. The molecule has 1 aromatic heterocycles. The smallest absolute Gasteiger partial charge is 0.191 e. The number of hydrogen-bond acceptors (Lipinski definition) is 4. The summed E-state index contributed by atoms with van der Waals surface area (Å²) >= 11 is 7.23. The third-order valence-corrected chi connectivity index (χ3v) is 5.53. The highest BCUT2D eigenvalue weighted by molar-refractivity contribution is 7.80. The zero-order chi connectivity index (χ0) is 19.5. The number of thiazole rings is 1. The van der Waals surface area contributed by atoms with E-state index in [9.17, 15) is 0 Å². The topological polar surface area (TPSA) is 50.3 Å². The number of nitriles is 1. The molecule has 0 radical (unpaired) electrons. The first-order valence-electron chi connectivity index (χ1n) is 8.53. The van der Waals surface area contributed by atoms with E-state index in [1.807, 2.05) is 0 Å². The number of aromatic nitrogens is 1. The van der Waals surface area contributed by atoms with E-state index in [-0.39, 0.29) is 5.41 Å². The van der Waals surface area contributed by atoms with Gasteiger partial charge in [-0.25, -0.2) is 4.99 Å². The molecule has 2 aromatic rings. The molecule has 0 unspecified atom stereocenters. The molecule has 0 amide bonds. The second-order valence-electron chi connectivity index (χ2n) is 7.62. The van der Waals surface area contributed by atoms with Crippen molar-refractivity contribution in [3.63, 3.8) is 0 Å². The average molecular weight is 388 g/mol. The molecule has 4 nitrogen and oxygen atoms in total. The van der Waals surface area contributed by atoms with Crippen molar-refractivity contribution >= 4 is 28.5 Å². The number of methoxy groups -OCH3 is 1. The molecule has 0 aliphatic heterocycles. The minimum atomic E-state index is 0.0528. The van der Waals surface area contributed by atoms with Gasteiger partial charge in [0.25, 0.3) is 0 Å². The Bertz CT molecular complexity index is 908. The zero-order valence-electron chi connectivity index (χ0n) is 16.2. The predicted molar refractivity (Wildman–Crippen MR) is 111 cm³/mol. The van der Waals surface area contributed by atoms with Gasteiger partial charge in [0.05, 0.1) is 24.3 Å². The van der Waals surface area contributed by atoms with E-state index < -0.39 is 0 Å². The van der Waals surface area contributed by atoms with Crippen molar-refractivity contribution in [2.45, 2.75) is 46.6 Å². The lowest BCUT2D eigenvalue weighted by Crippen LogP contribution is -2.18. The average Bonchev–Trinajstić information content (AvgIpc) is 2.96. The van der Waals surface area contributed by atoms with Crippen LogP contribution in [0, 0.1) is 17.2 Å². The van der Waals surface area contributed by atoms with E-state index >= 15 is 0 Å². The lowest BCUT2D eigenvalue weighted by molar-refractivity contribution is 0.414. The molecule has 0 bridgehead atoms. The number of thiocarbonyl (C=S) groups is 1. The molecule has 6 heteroatoms. The van der Waals surface area contributed by atoms with Crippen molar-refractivity contribution in [3.05, 3.63) is 45.2 Å². The standard InChI is InChI=1S/C20H25N3OS2/c1-13(2)11-23-12-17(20(3,4)5)26-19(23)22-18(25)15-9-14(10-21)7-8-16(15)24-6/h7-9,12-13H,11H2,1-6H3/b22-19-. The Labute approximate surface area is 164 Å². The Morgan fingerprint density at radius 3 is 2.62 bits per heavy atom. The lowest BCUT2D eigenvalue weighted by Gasteiger charge is -2.14. The van der Waals surface area contributed by atoms with Crippen molar-refractivity contribution in [2.75, 3.05) is 7.11 Å². The minimum Gasteiger partial charge on any atom is -0.496 e. The van der Waals surface area contributed by atoms with Gasteiger partial charge in [0.1, 0.15) is 10.7 Å². The van der Waals surface area contributed by atoms with Gasteiger partial charge in [-0.05, 0) is 29.5 Å². The van der Waals surface area contributed by atoms with Crippen LogP contribution in [-0.2, 0) is 12.0 Å². The van der Waals surface area contributed by atoms with Crippen LogP contribution in [0.5, 0.6) is 5.75 Å². The van der Waals surface area contributed by atoms with Crippen molar-refractivity contribution in [2.24, 2.45) is 10.9 Å². The van der Waals surface area contributed by atoms with E-state index in [2.05, 4.69) is 51.5 Å². The summed E-state index contributed by atoms with van der Waals surface area (Å²) < 4.78 is 7.57. The summed E-state index contributed by atoms with van der Waals surface area (Å²) in [7, 11) is 1.59. The van der Waals surface area contributed by atoms with Crippen LogP contribution >= 0.6 is 23.6 Å². The summed E-state index contributed by atoms with van der Waals surface area (Å²) in [5, 5.41) is 9.17. The number of ether oxygens (including phenoxy) is 1. The van der Waals surface area contributed by atoms with Crippen LogP contribution in [0.1, 0.15) is 50.6 Å². The van der Waals surface area contributed by atoms with E-state index in [1.165, 1.54) is 4.88 Å². The van der Waals surface area contributed by atoms with E-state index in [1.54, 1.807) is 36.6 Å². The fourth-order valence-electron chi connectivity index (χ4n) is 2.43. The first kappa shape index (κ1) is 20.3. The summed E-state index contributed by atoms with van der Waals surface area (Å²) in [4.78, 5) is 7.29. The molecule has 138 valence electrons. The van der Waals surface area contributed by atoms with Gasteiger partial charge in [0, 0.05) is 17.6 Å². The maximum absolute atomic E-state index is 9.17. The maximum Gasteiger partial charge on any atom is 0.191 e. The first-order chi connectivity index (χ1) is 12.2. The van der Waals surface area contributed by atoms with Crippen LogP contribution < -0.4 is 9.54 Å². The Kier molecular flexibility index (Phi) is 6.38. The second kappa shape index (κ2) is 8.15. The van der Waals surface area contributed by atoms with Crippen LogP contribution in [0.15, 0.2) is 29.4 Å². The summed E-state index contributed by atoms with van der Waals surface area (Å²) in [5.74, 6) is 1.13. The van der Waals surface area contributed by atoms with Crippen molar-refractivity contribution in [1.29, 1.82) is 5.26 Å². The molecule has 1 heterocycles. The van der Waals surface area contributed by atoms with Crippen molar-refractivity contribution in [1.82, 2.24) is 4.57 Å². The third kappa shape index (κ3) is 4.80. The van der Waals surface area contributed by atoms with E-state index in [0.717, 1.165) is 11.3 Å². The van der Waals surface area contributed by atoms with Gasteiger partial charge < -0.3 is 9.30 Å². The monoisotopic (exact) mass is 387 g/mol. The normalized spacial score (nSPS) is 12.3. The Balaban J connectivity index is 2.57. The molecule has 2 rings (SSSR count). The summed E-state index contributed by atoms with van der Waals surface area (Å²) in [5.41, 5.74) is 1.26. The molecule has 26 heavy (non-hydrogen) atoms. The molecular weight excluding hydrogens is 362 g/mol. The van der Waals surface area contributed by atoms with Crippen LogP contribution in [-0.4, -0.2) is 16.7 Å². The maximum atomic E-state index is 9.17. The lowest BCUT2D eigenvalue weighted by atomic mass is 9.95. The van der Waals surface area contributed by atoms with E-state index in [0.29, 0.717) is 27.8 Å². The van der Waals surface area contributed by atoms with Gasteiger partial charge in [0.2, 0.25) is 0 Å². The molecule has 0 aliphatic rings. The molecule has 0 N–H and O–H groups in total. The van der Waals surface area contributed by atoms with Gasteiger partial charge in [-0.2, -0.15) is 5.26 Å². The highest BCUT2D eigenvalue weighted by atomic mass is 32.1. The van der Waals surface area contributed by atoms with Crippen molar-refractivity contribution in [3.8, 4) is 11.8 Å². The van der Waals surface area contributed by atoms with Gasteiger partial charge >= 0.3 is 0 Å². The summed E-state index contributed by atoms with van der Waals surface area (Å²) in [6.45, 7) is 11.8. The summed E-state index contributed by atoms with van der Waals surface area (Å²) in [6, 6.07) is 7.34. The molecule has 0 spiro atoms. The molecule has 0 fully saturated rings. The molecule has 0 saturated carbocycles. The number of nitrogens with zero attached hydrogens (tertiary/aromatic N) is 3. The highest BCUT2D eigenvalue weighted by Crippen LogP contribution is 2.25. The first-order valence-corrected chi connectivity index (χ1v) is 9.76. The molecule has 0 aliphatic carbocycles. The number of benzene rings is 1. The summed E-state index contributed by atoms with van der Waals surface area (Å²) in [6.07, 6.45) is 2.18. The second-order valence-corrected chi connectivity index (χ2v) is 9.01. The van der Waals surface area contributed by atoms with Gasteiger partial charge in [-0.15, -0.1) is 11.3 Å². The molecule has 1 aromatic carbocycles. The van der Waals surface area contributed by atoms with Crippen LogP contribution in [0.2, 0.25) is 0 Å². The predicted octanol–water partition coefficient (Wildman–Crippen LogP) is 4.66.